The molecule has 3 aromatic rings. The number of carbonyl (C=O) groups is 1. The van der Waals surface area contributed by atoms with Crippen molar-refractivity contribution >= 4 is 11.6 Å². The van der Waals surface area contributed by atoms with Crippen molar-refractivity contribution in [3.63, 3.8) is 0 Å². The van der Waals surface area contributed by atoms with Crippen LogP contribution in [0.1, 0.15) is 45.2 Å². The molecular weight excluding hydrogens is 388 g/mol. The number of rotatable bonds is 2. The second kappa shape index (κ2) is 6.84. The fraction of sp³-hybridized carbons (Fsp3) is 0.150. The van der Waals surface area contributed by atoms with E-state index in [4.69, 9.17) is 5.73 Å². The molecule has 2 atom stereocenters. The van der Waals surface area contributed by atoms with Crippen LogP contribution in [0.2, 0.25) is 0 Å². The van der Waals surface area contributed by atoms with Gasteiger partial charge in [0.05, 0.1) is 16.9 Å². The van der Waals surface area contributed by atoms with Crippen LogP contribution < -0.4 is 5.73 Å². The number of amides is 1. The normalized spacial score (nSPS) is 18.6. The van der Waals surface area contributed by atoms with Crippen LogP contribution in [0, 0.1) is 0 Å². The molecular formula is C20H14F4N4O. The monoisotopic (exact) mass is 402 g/mol. The zero-order chi connectivity index (χ0) is 20.8. The summed E-state index contributed by atoms with van der Waals surface area (Å²) in [7, 11) is 0. The first-order valence-electron chi connectivity index (χ1n) is 8.58. The molecule has 0 fully saturated rings. The third-order valence-electron chi connectivity index (χ3n) is 4.74. The highest BCUT2D eigenvalue weighted by Gasteiger charge is 2.44. The van der Waals surface area contributed by atoms with Crippen LogP contribution in [0.3, 0.4) is 0 Å². The van der Waals surface area contributed by atoms with Crippen LogP contribution >= 0.6 is 0 Å². The van der Waals surface area contributed by atoms with Gasteiger partial charge in [-0.3, -0.25) is 14.7 Å². The minimum atomic E-state index is -4.51. The number of alkyl halides is 4. The molecule has 0 spiro atoms. The average Bonchev–Trinajstić information content (AvgIpc) is 3.00. The second-order valence-electron chi connectivity index (χ2n) is 6.49. The Morgan fingerprint density at radius 2 is 1.66 bits per heavy atom. The maximum Gasteiger partial charge on any atom is 0.416 e. The van der Waals surface area contributed by atoms with E-state index >= 15 is 4.39 Å². The first-order chi connectivity index (χ1) is 13.8. The highest BCUT2D eigenvalue weighted by atomic mass is 19.4. The SMILES string of the molecule is Nc1cccnc1C(=O)N1C(F)c2cccnc2[C@@H]1c1ccc(C(F)(F)F)cc1. The molecule has 1 aromatic carbocycles. The Bertz CT molecular complexity index is 1070. The number of aromatic nitrogens is 2. The van der Waals surface area contributed by atoms with Crippen molar-refractivity contribution in [2.75, 3.05) is 5.73 Å². The van der Waals surface area contributed by atoms with E-state index in [1.54, 1.807) is 0 Å². The minimum Gasteiger partial charge on any atom is -0.397 e. The molecule has 0 saturated carbocycles. The van der Waals surface area contributed by atoms with Crippen molar-refractivity contribution in [2.24, 2.45) is 0 Å². The van der Waals surface area contributed by atoms with Gasteiger partial charge in [-0.1, -0.05) is 18.2 Å². The van der Waals surface area contributed by atoms with Crippen LogP contribution in [0.5, 0.6) is 0 Å². The molecule has 4 rings (SSSR count). The fourth-order valence-electron chi connectivity index (χ4n) is 3.38. The lowest BCUT2D eigenvalue weighted by atomic mass is 10.0. The second-order valence-corrected chi connectivity index (χ2v) is 6.49. The van der Waals surface area contributed by atoms with E-state index in [0.29, 0.717) is 5.56 Å². The van der Waals surface area contributed by atoms with Gasteiger partial charge in [-0.25, -0.2) is 9.37 Å². The maximum atomic E-state index is 15.3. The van der Waals surface area contributed by atoms with Crippen molar-refractivity contribution in [3.05, 3.63) is 89.0 Å². The molecule has 0 saturated heterocycles. The predicted molar refractivity (Wildman–Crippen MR) is 96.2 cm³/mol. The highest BCUT2D eigenvalue weighted by molar-refractivity contribution is 5.98. The molecule has 1 unspecified atom stereocenters. The molecule has 2 aromatic heterocycles. The van der Waals surface area contributed by atoms with Crippen molar-refractivity contribution in [2.45, 2.75) is 18.5 Å². The first-order valence-corrected chi connectivity index (χ1v) is 8.58. The van der Waals surface area contributed by atoms with Gasteiger partial charge in [-0.05, 0) is 35.9 Å². The molecule has 0 aliphatic carbocycles. The molecule has 29 heavy (non-hydrogen) atoms. The molecule has 1 aliphatic heterocycles. The zero-order valence-corrected chi connectivity index (χ0v) is 14.8. The third-order valence-corrected chi connectivity index (χ3v) is 4.74. The number of fused-ring (bicyclic) bond motifs is 1. The molecule has 1 amide bonds. The maximum absolute atomic E-state index is 15.3. The summed E-state index contributed by atoms with van der Waals surface area (Å²) in [5.74, 6) is -0.779. The quantitative estimate of drug-likeness (QED) is 0.513. The molecule has 0 radical (unpaired) electrons. The molecule has 148 valence electrons. The topological polar surface area (TPSA) is 72.1 Å². The Hall–Kier alpha value is -3.49. The Morgan fingerprint density at radius 1 is 1.00 bits per heavy atom. The van der Waals surface area contributed by atoms with Gasteiger partial charge >= 0.3 is 6.18 Å². The van der Waals surface area contributed by atoms with Crippen LogP contribution in [0.25, 0.3) is 0 Å². The number of nitrogens with zero attached hydrogens (tertiary/aromatic N) is 3. The van der Waals surface area contributed by atoms with E-state index in [2.05, 4.69) is 9.97 Å². The van der Waals surface area contributed by atoms with Gasteiger partial charge < -0.3 is 5.73 Å². The van der Waals surface area contributed by atoms with Gasteiger partial charge in [0, 0.05) is 18.0 Å². The van der Waals surface area contributed by atoms with Crippen molar-refractivity contribution < 1.29 is 22.4 Å². The average molecular weight is 402 g/mol. The minimum absolute atomic E-state index is 0.0692. The van der Waals surface area contributed by atoms with E-state index in [0.717, 1.165) is 17.0 Å². The highest BCUT2D eigenvalue weighted by Crippen LogP contribution is 2.46. The standard InChI is InChI=1S/C20H14F4N4O/c21-18-13-3-1-9-26-15(13)17(11-5-7-12(8-6-11)20(22,23)24)28(18)19(29)16-14(25)4-2-10-27-16/h1-10,17-18H,25H2/t17-,18?/m0/s1. The summed E-state index contributed by atoms with van der Waals surface area (Å²) in [6, 6.07) is 9.20. The van der Waals surface area contributed by atoms with Gasteiger partial charge in [0.2, 0.25) is 6.30 Å². The van der Waals surface area contributed by atoms with E-state index in [1.807, 2.05) is 0 Å². The largest absolute Gasteiger partial charge is 0.416 e. The van der Waals surface area contributed by atoms with E-state index < -0.39 is 30.0 Å². The molecule has 3 heterocycles. The number of hydrogen-bond acceptors (Lipinski definition) is 4. The lowest BCUT2D eigenvalue weighted by molar-refractivity contribution is -0.137. The van der Waals surface area contributed by atoms with Crippen LogP contribution in [-0.4, -0.2) is 20.8 Å². The number of anilines is 1. The number of nitrogens with two attached hydrogens (primary N) is 1. The Kier molecular flexibility index (Phi) is 4.45. The fourth-order valence-corrected chi connectivity index (χ4v) is 3.38. The Morgan fingerprint density at radius 3 is 2.31 bits per heavy atom. The molecule has 2 N–H and O–H groups in total. The zero-order valence-electron chi connectivity index (χ0n) is 14.8. The summed E-state index contributed by atoms with van der Waals surface area (Å²) >= 11 is 0. The number of hydrogen-bond donors (Lipinski definition) is 1. The van der Waals surface area contributed by atoms with Gasteiger partial charge in [-0.15, -0.1) is 0 Å². The summed E-state index contributed by atoms with van der Waals surface area (Å²) in [4.78, 5) is 22.1. The molecule has 5 nitrogen and oxygen atoms in total. The lowest BCUT2D eigenvalue weighted by Crippen LogP contribution is -2.33. The molecule has 1 aliphatic rings. The molecule has 9 heteroatoms. The van der Waals surface area contributed by atoms with E-state index in [-0.39, 0.29) is 22.6 Å². The van der Waals surface area contributed by atoms with Gasteiger partial charge in [0.1, 0.15) is 6.04 Å². The van der Waals surface area contributed by atoms with Crippen LogP contribution in [-0.2, 0) is 6.18 Å². The summed E-state index contributed by atoms with van der Waals surface area (Å²) in [5.41, 5.74) is 5.62. The Balaban J connectivity index is 1.82. The lowest BCUT2D eigenvalue weighted by Gasteiger charge is -2.27. The molecule has 0 bridgehead atoms. The van der Waals surface area contributed by atoms with E-state index in [1.165, 1.54) is 48.8 Å². The van der Waals surface area contributed by atoms with Crippen molar-refractivity contribution in [3.8, 4) is 0 Å². The van der Waals surface area contributed by atoms with Gasteiger partial charge in [0.25, 0.3) is 5.91 Å². The number of halogens is 4. The van der Waals surface area contributed by atoms with Gasteiger partial charge in [0.15, 0.2) is 5.69 Å². The van der Waals surface area contributed by atoms with Gasteiger partial charge in [-0.2, -0.15) is 13.2 Å². The Labute approximate surface area is 162 Å². The number of benzene rings is 1. The summed E-state index contributed by atoms with van der Waals surface area (Å²) in [6.45, 7) is 0. The number of pyridine rings is 2. The summed E-state index contributed by atoms with van der Waals surface area (Å²) in [6.07, 6.45) is -3.57. The van der Waals surface area contributed by atoms with Crippen LogP contribution in [0.15, 0.2) is 60.9 Å². The number of carbonyl (C=O) groups excluding carboxylic acids is 1. The number of nitrogen functional groups attached to an aromatic ring is 1. The smallest absolute Gasteiger partial charge is 0.397 e. The van der Waals surface area contributed by atoms with Crippen molar-refractivity contribution in [1.82, 2.24) is 14.9 Å². The van der Waals surface area contributed by atoms with Crippen LogP contribution in [0.4, 0.5) is 23.2 Å². The van der Waals surface area contributed by atoms with Crippen molar-refractivity contribution in [1.29, 1.82) is 0 Å². The summed E-state index contributed by atoms with van der Waals surface area (Å²) < 4.78 is 54.0. The first kappa shape index (κ1) is 18.9. The predicted octanol–water partition coefficient (Wildman–Crippen LogP) is 4.29. The third kappa shape index (κ3) is 3.18. The van der Waals surface area contributed by atoms with E-state index in [9.17, 15) is 18.0 Å². The summed E-state index contributed by atoms with van der Waals surface area (Å²) in [5, 5.41) is 0.